The third-order valence-corrected chi connectivity index (χ3v) is 3.83. The van der Waals surface area contributed by atoms with Crippen LogP contribution < -0.4 is 10.6 Å². The Morgan fingerprint density at radius 2 is 1.73 bits per heavy atom. The predicted octanol–water partition coefficient (Wildman–Crippen LogP) is 3.18. The summed E-state index contributed by atoms with van der Waals surface area (Å²) in [5, 5.41) is 5.98. The number of aryl methyl sites for hydroxylation is 1. The third-order valence-electron chi connectivity index (χ3n) is 3.58. The lowest BCUT2D eigenvalue weighted by Crippen LogP contribution is -2.36. The van der Waals surface area contributed by atoms with E-state index in [1.807, 2.05) is 19.1 Å². The van der Waals surface area contributed by atoms with Gasteiger partial charge in [0.2, 0.25) is 0 Å². The second-order valence-electron chi connectivity index (χ2n) is 5.68. The van der Waals surface area contributed by atoms with Crippen LogP contribution >= 0.6 is 11.6 Å². The summed E-state index contributed by atoms with van der Waals surface area (Å²) >= 11 is 5.89. The molecule has 26 heavy (non-hydrogen) atoms. The van der Waals surface area contributed by atoms with Gasteiger partial charge in [-0.05, 0) is 42.8 Å². The zero-order chi connectivity index (χ0) is 18.9. The summed E-state index contributed by atoms with van der Waals surface area (Å²) in [4.78, 5) is 24.9. The molecule has 2 aromatic rings. The molecule has 2 N–H and O–H groups in total. The zero-order valence-electron chi connectivity index (χ0n) is 14.7. The van der Waals surface area contributed by atoms with Gasteiger partial charge in [0.15, 0.2) is 0 Å². The van der Waals surface area contributed by atoms with Crippen molar-refractivity contribution in [1.82, 2.24) is 10.6 Å². The first-order valence-electron chi connectivity index (χ1n) is 8.12. The molecule has 6 heteroatoms. The normalized spacial score (nSPS) is 11.1. The number of amides is 2. The molecule has 0 aliphatic heterocycles. The Balaban J connectivity index is 2.21. The van der Waals surface area contributed by atoms with Crippen molar-refractivity contribution in [3.8, 4) is 0 Å². The smallest absolute Gasteiger partial charge is 0.267 e. The number of rotatable bonds is 7. The van der Waals surface area contributed by atoms with Gasteiger partial charge in [-0.25, -0.2) is 0 Å². The second kappa shape index (κ2) is 9.75. The highest BCUT2D eigenvalue weighted by Crippen LogP contribution is 2.12. The topological polar surface area (TPSA) is 67.4 Å². The van der Waals surface area contributed by atoms with Crippen molar-refractivity contribution in [2.75, 3.05) is 20.3 Å². The third kappa shape index (κ3) is 6.02. The number of hydrogen-bond donors (Lipinski definition) is 2. The standard InChI is InChI=1S/C20H21ClN2O3/c1-14-3-7-16(8-4-14)19(24)23-18(20(25)22-11-12-26-2)13-15-5-9-17(21)10-6-15/h3-10,13H,11-12H2,1-2H3,(H,22,25)(H,23,24). The lowest BCUT2D eigenvalue weighted by Gasteiger charge is -2.11. The van der Waals surface area contributed by atoms with E-state index in [2.05, 4.69) is 10.6 Å². The molecule has 0 heterocycles. The Morgan fingerprint density at radius 1 is 1.08 bits per heavy atom. The van der Waals surface area contributed by atoms with Crippen molar-refractivity contribution < 1.29 is 14.3 Å². The van der Waals surface area contributed by atoms with E-state index in [9.17, 15) is 9.59 Å². The first-order chi connectivity index (χ1) is 12.5. The molecule has 0 aromatic heterocycles. The Morgan fingerprint density at radius 3 is 2.35 bits per heavy atom. The number of nitrogens with one attached hydrogen (secondary N) is 2. The predicted molar refractivity (Wildman–Crippen MR) is 103 cm³/mol. The molecule has 0 radical (unpaired) electrons. The molecule has 0 atom stereocenters. The highest BCUT2D eigenvalue weighted by molar-refractivity contribution is 6.30. The first-order valence-corrected chi connectivity index (χ1v) is 8.50. The summed E-state index contributed by atoms with van der Waals surface area (Å²) in [6.45, 7) is 2.66. The maximum atomic E-state index is 12.5. The van der Waals surface area contributed by atoms with E-state index in [-0.39, 0.29) is 11.6 Å². The lowest BCUT2D eigenvalue weighted by atomic mass is 10.1. The quantitative estimate of drug-likeness (QED) is 0.579. The largest absolute Gasteiger partial charge is 0.383 e. The number of hydrogen-bond acceptors (Lipinski definition) is 3. The van der Waals surface area contributed by atoms with E-state index in [1.165, 1.54) is 0 Å². The second-order valence-corrected chi connectivity index (χ2v) is 6.11. The molecule has 0 unspecified atom stereocenters. The van der Waals surface area contributed by atoms with Crippen molar-refractivity contribution >= 4 is 29.5 Å². The number of halogens is 1. The fourth-order valence-corrected chi connectivity index (χ4v) is 2.27. The molecule has 0 saturated heterocycles. The van der Waals surface area contributed by atoms with Gasteiger partial charge < -0.3 is 15.4 Å². The summed E-state index contributed by atoms with van der Waals surface area (Å²) < 4.78 is 4.93. The Bertz CT molecular complexity index is 784. The van der Waals surface area contributed by atoms with Crippen LogP contribution in [0.15, 0.2) is 54.2 Å². The first kappa shape index (κ1) is 19.7. The van der Waals surface area contributed by atoms with Crippen LogP contribution in [0.5, 0.6) is 0 Å². The molecule has 5 nitrogen and oxygen atoms in total. The minimum absolute atomic E-state index is 0.147. The fourth-order valence-electron chi connectivity index (χ4n) is 2.15. The van der Waals surface area contributed by atoms with Crippen LogP contribution in [0.4, 0.5) is 0 Å². The number of ether oxygens (including phenoxy) is 1. The summed E-state index contributed by atoms with van der Waals surface area (Å²) in [7, 11) is 1.55. The van der Waals surface area contributed by atoms with Crippen LogP contribution in [-0.4, -0.2) is 32.1 Å². The van der Waals surface area contributed by atoms with Crippen molar-refractivity contribution in [2.24, 2.45) is 0 Å². The van der Waals surface area contributed by atoms with Gasteiger partial charge in [0.05, 0.1) is 6.61 Å². The van der Waals surface area contributed by atoms with Gasteiger partial charge in [-0.1, -0.05) is 41.4 Å². The van der Waals surface area contributed by atoms with Crippen molar-refractivity contribution in [3.63, 3.8) is 0 Å². The van der Waals surface area contributed by atoms with E-state index in [4.69, 9.17) is 16.3 Å². The van der Waals surface area contributed by atoms with E-state index < -0.39 is 5.91 Å². The fraction of sp³-hybridized carbons (Fsp3) is 0.200. The summed E-state index contributed by atoms with van der Waals surface area (Å²) in [5.41, 5.74) is 2.42. The SMILES string of the molecule is COCCNC(=O)C(=Cc1ccc(Cl)cc1)NC(=O)c1ccc(C)cc1. The summed E-state index contributed by atoms with van der Waals surface area (Å²) in [5.74, 6) is -0.746. The zero-order valence-corrected chi connectivity index (χ0v) is 15.5. The van der Waals surface area contributed by atoms with Gasteiger partial charge in [0, 0.05) is 24.2 Å². The number of methoxy groups -OCH3 is 1. The molecule has 0 aliphatic carbocycles. The molecule has 2 rings (SSSR count). The van der Waals surface area contributed by atoms with Crippen LogP contribution in [0.25, 0.3) is 6.08 Å². The van der Waals surface area contributed by atoms with Gasteiger partial charge >= 0.3 is 0 Å². The number of benzene rings is 2. The van der Waals surface area contributed by atoms with Gasteiger partial charge in [0.1, 0.15) is 5.70 Å². The molecule has 2 amide bonds. The van der Waals surface area contributed by atoms with Crippen molar-refractivity contribution in [1.29, 1.82) is 0 Å². The molecular formula is C20H21ClN2O3. The van der Waals surface area contributed by atoms with Crippen molar-refractivity contribution in [2.45, 2.75) is 6.92 Å². The van der Waals surface area contributed by atoms with E-state index in [0.717, 1.165) is 11.1 Å². The molecule has 0 spiro atoms. The molecule has 0 bridgehead atoms. The minimum Gasteiger partial charge on any atom is -0.383 e. The number of carbonyl (C=O) groups excluding carboxylic acids is 2. The maximum Gasteiger partial charge on any atom is 0.267 e. The summed E-state index contributed by atoms with van der Waals surface area (Å²) in [6.07, 6.45) is 1.60. The van der Waals surface area contributed by atoms with Crippen LogP contribution in [-0.2, 0) is 9.53 Å². The average Bonchev–Trinajstić information content (AvgIpc) is 2.63. The Labute approximate surface area is 158 Å². The molecule has 0 saturated carbocycles. The van der Waals surface area contributed by atoms with Crippen LogP contribution in [0.3, 0.4) is 0 Å². The van der Waals surface area contributed by atoms with Gasteiger partial charge in [-0.2, -0.15) is 0 Å². The molecule has 2 aromatic carbocycles. The highest BCUT2D eigenvalue weighted by Gasteiger charge is 2.14. The van der Waals surface area contributed by atoms with E-state index in [1.54, 1.807) is 49.6 Å². The Hall–Kier alpha value is -2.63. The number of carbonyl (C=O) groups is 2. The molecule has 0 aliphatic rings. The summed E-state index contributed by atoms with van der Waals surface area (Å²) in [6, 6.07) is 14.1. The molecule has 136 valence electrons. The highest BCUT2D eigenvalue weighted by atomic mass is 35.5. The maximum absolute atomic E-state index is 12.5. The average molecular weight is 373 g/mol. The monoisotopic (exact) mass is 372 g/mol. The molecule has 0 fully saturated rings. The van der Waals surface area contributed by atoms with Crippen molar-refractivity contribution in [3.05, 3.63) is 75.9 Å². The van der Waals surface area contributed by atoms with Crippen LogP contribution in [0.1, 0.15) is 21.5 Å². The Kier molecular flexibility index (Phi) is 7.38. The van der Waals surface area contributed by atoms with Crippen LogP contribution in [0.2, 0.25) is 5.02 Å². The lowest BCUT2D eigenvalue weighted by molar-refractivity contribution is -0.117. The minimum atomic E-state index is -0.391. The van der Waals surface area contributed by atoms with Crippen LogP contribution in [0, 0.1) is 6.92 Å². The van der Waals surface area contributed by atoms with E-state index >= 15 is 0 Å². The van der Waals surface area contributed by atoms with Gasteiger partial charge in [0.25, 0.3) is 11.8 Å². The molecular weight excluding hydrogens is 352 g/mol. The van der Waals surface area contributed by atoms with Gasteiger partial charge in [-0.3, -0.25) is 9.59 Å². The van der Waals surface area contributed by atoms with E-state index in [0.29, 0.717) is 23.7 Å². The van der Waals surface area contributed by atoms with Gasteiger partial charge in [-0.15, -0.1) is 0 Å².